The number of hydrogen-bond donors (Lipinski definition) is 1. The average molecular weight is 483 g/mol. The third-order valence-electron chi connectivity index (χ3n) is 5.30. The number of hydrogen-bond acceptors (Lipinski definition) is 6. The van der Waals surface area contributed by atoms with Gasteiger partial charge in [0.1, 0.15) is 11.5 Å². The van der Waals surface area contributed by atoms with Crippen LogP contribution in [-0.4, -0.2) is 35.8 Å². The van der Waals surface area contributed by atoms with Gasteiger partial charge in [-0.15, -0.1) is 10.2 Å². The van der Waals surface area contributed by atoms with E-state index >= 15 is 0 Å². The number of fused-ring (bicyclic) bond motifs is 1. The van der Waals surface area contributed by atoms with E-state index in [2.05, 4.69) is 20.5 Å². The van der Waals surface area contributed by atoms with Gasteiger partial charge in [-0.05, 0) is 37.1 Å². The second-order valence-electron chi connectivity index (χ2n) is 7.71. The van der Waals surface area contributed by atoms with E-state index in [0.29, 0.717) is 45.9 Å². The molecule has 0 aliphatic rings. The highest BCUT2D eigenvalue weighted by molar-refractivity contribution is 7.99. The molecular weight excluding hydrogens is 460 g/mol. The minimum Gasteiger partial charge on any atom is -0.351 e. The lowest BCUT2D eigenvalue weighted by Crippen LogP contribution is -2.25. The van der Waals surface area contributed by atoms with Crippen LogP contribution in [0.2, 0.25) is 5.02 Å². The average Bonchev–Trinajstić information content (AvgIpc) is 3.14. The lowest BCUT2D eigenvalue weighted by atomic mass is 10.1. The van der Waals surface area contributed by atoms with Gasteiger partial charge < -0.3 is 9.88 Å². The SMILES string of the molecule is Cc1ccc2nc(C)c(Cc3nnc(SCC(=O)NCc4ccccc4Cl)n3C)c(=O)n2c1. The van der Waals surface area contributed by atoms with Gasteiger partial charge in [-0.25, -0.2) is 4.98 Å². The van der Waals surface area contributed by atoms with Gasteiger partial charge >= 0.3 is 0 Å². The number of nitrogens with one attached hydrogen (secondary N) is 1. The van der Waals surface area contributed by atoms with E-state index < -0.39 is 0 Å². The maximum absolute atomic E-state index is 13.0. The molecule has 0 spiro atoms. The molecule has 0 fully saturated rings. The van der Waals surface area contributed by atoms with Crippen LogP contribution in [0.4, 0.5) is 0 Å². The molecule has 0 radical (unpaired) electrons. The molecule has 0 saturated carbocycles. The summed E-state index contributed by atoms with van der Waals surface area (Å²) in [5.74, 6) is 0.686. The Morgan fingerprint density at radius 2 is 1.94 bits per heavy atom. The number of benzene rings is 1. The van der Waals surface area contributed by atoms with Gasteiger partial charge in [0.2, 0.25) is 5.91 Å². The number of aromatic nitrogens is 5. The Hall–Kier alpha value is -3.17. The number of carbonyl (C=O) groups excluding carboxylic acids is 1. The Morgan fingerprint density at radius 3 is 2.73 bits per heavy atom. The molecule has 170 valence electrons. The molecule has 0 unspecified atom stereocenters. The van der Waals surface area contributed by atoms with Crippen molar-refractivity contribution in [2.24, 2.45) is 7.05 Å². The number of halogens is 1. The van der Waals surface area contributed by atoms with E-state index in [-0.39, 0.29) is 17.2 Å². The van der Waals surface area contributed by atoms with Crippen LogP contribution in [0.15, 0.2) is 52.5 Å². The quantitative estimate of drug-likeness (QED) is 0.407. The van der Waals surface area contributed by atoms with E-state index in [1.807, 2.05) is 51.2 Å². The van der Waals surface area contributed by atoms with Crippen LogP contribution in [0.1, 0.15) is 28.2 Å². The van der Waals surface area contributed by atoms with Crippen LogP contribution in [-0.2, 0) is 24.8 Å². The maximum Gasteiger partial charge on any atom is 0.261 e. The number of amides is 1. The van der Waals surface area contributed by atoms with E-state index in [0.717, 1.165) is 11.1 Å². The van der Waals surface area contributed by atoms with Crippen LogP contribution < -0.4 is 10.9 Å². The summed E-state index contributed by atoms with van der Waals surface area (Å²) in [6.45, 7) is 4.12. The Labute approximate surface area is 200 Å². The highest BCUT2D eigenvalue weighted by Gasteiger charge is 2.16. The zero-order valence-corrected chi connectivity index (χ0v) is 20.1. The molecule has 0 aliphatic carbocycles. The number of rotatable bonds is 7. The van der Waals surface area contributed by atoms with Crippen LogP contribution in [0.3, 0.4) is 0 Å². The van der Waals surface area contributed by atoms with Gasteiger partial charge in [-0.3, -0.25) is 14.0 Å². The molecule has 1 N–H and O–H groups in total. The first kappa shape index (κ1) is 23.0. The lowest BCUT2D eigenvalue weighted by molar-refractivity contribution is -0.118. The Bertz CT molecular complexity index is 1400. The monoisotopic (exact) mass is 482 g/mol. The second kappa shape index (κ2) is 9.76. The second-order valence-corrected chi connectivity index (χ2v) is 9.06. The highest BCUT2D eigenvalue weighted by Crippen LogP contribution is 2.18. The molecule has 0 atom stereocenters. The van der Waals surface area contributed by atoms with Crippen LogP contribution in [0.25, 0.3) is 5.65 Å². The molecule has 4 rings (SSSR count). The molecule has 33 heavy (non-hydrogen) atoms. The topological polar surface area (TPSA) is 94.2 Å². The van der Waals surface area contributed by atoms with Crippen molar-refractivity contribution >= 4 is 34.9 Å². The molecule has 8 nitrogen and oxygen atoms in total. The van der Waals surface area contributed by atoms with Crippen molar-refractivity contribution in [3.05, 3.63) is 86.2 Å². The third kappa shape index (κ3) is 5.09. The summed E-state index contributed by atoms with van der Waals surface area (Å²) in [6.07, 6.45) is 2.09. The zero-order chi connectivity index (χ0) is 23.5. The molecule has 0 aliphatic heterocycles. The van der Waals surface area contributed by atoms with E-state index in [1.54, 1.807) is 21.2 Å². The fraction of sp³-hybridized carbons (Fsp3) is 0.261. The van der Waals surface area contributed by atoms with E-state index in [9.17, 15) is 9.59 Å². The van der Waals surface area contributed by atoms with Crippen molar-refractivity contribution < 1.29 is 4.79 Å². The van der Waals surface area contributed by atoms with Crippen molar-refractivity contribution in [3.63, 3.8) is 0 Å². The molecule has 3 heterocycles. The molecule has 1 aromatic carbocycles. The summed E-state index contributed by atoms with van der Waals surface area (Å²) in [7, 11) is 1.82. The first-order chi connectivity index (χ1) is 15.8. The van der Waals surface area contributed by atoms with Crippen molar-refractivity contribution in [1.29, 1.82) is 0 Å². The summed E-state index contributed by atoms with van der Waals surface area (Å²) in [6, 6.07) is 11.2. The number of thioether (sulfide) groups is 1. The molecule has 0 saturated heterocycles. The van der Waals surface area contributed by atoms with Gasteiger partial charge in [-0.1, -0.05) is 47.6 Å². The van der Waals surface area contributed by atoms with Crippen molar-refractivity contribution in [2.75, 3.05) is 5.75 Å². The summed E-state index contributed by atoms with van der Waals surface area (Å²) in [5.41, 5.74) is 3.58. The van der Waals surface area contributed by atoms with Gasteiger partial charge in [0.25, 0.3) is 5.56 Å². The largest absolute Gasteiger partial charge is 0.351 e. The lowest BCUT2D eigenvalue weighted by Gasteiger charge is -2.09. The fourth-order valence-electron chi connectivity index (χ4n) is 3.40. The zero-order valence-electron chi connectivity index (χ0n) is 18.5. The van der Waals surface area contributed by atoms with Crippen LogP contribution >= 0.6 is 23.4 Å². The standard InChI is InChI=1S/C23H23ClN6O2S/c1-14-8-9-19-26-15(2)17(22(32)30(19)12-14)10-20-27-28-23(29(20)3)33-13-21(31)25-11-16-6-4-5-7-18(16)24/h4-9,12H,10-11,13H2,1-3H3,(H,25,31). The van der Waals surface area contributed by atoms with Gasteiger partial charge in [-0.2, -0.15) is 0 Å². The maximum atomic E-state index is 13.0. The number of carbonyl (C=O) groups is 1. The van der Waals surface area contributed by atoms with Gasteiger partial charge in [0.15, 0.2) is 5.16 Å². The fourth-order valence-corrected chi connectivity index (χ4v) is 4.36. The van der Waals surface area contributed by atoms with Gasteiger partial charge in [0.05, 0.1) is 5.75 Å². The van der Waals surface area contributed by atoms with E-state index in [1.165, 1.54) is 11.8 Å². The highest BCUT2D eigenvalue weighted by atomic mass is 35.5. The first-order valence-electron chi connectivity index (χ1n) is 10.3. The normalized spacial score (nSPS) is 11.2. The molecular formula is C23H23ClN6O2S. The number of pyridine rings is 1. The minimum absolute atomic E-state index is 0.114. The number of nitrogens with zero attached hydrogens (tertiary/aromatic N) is 5. The summed E-state index contributed by atoms with van der Waals surface area (Å²) >= 11 is 7.41. The van der Waals surface area contributed by atoms with Crippen molar-refractivity contribution in [1.82, 2.24) is 29.5 Å². The summed E-state index contributed by atoms with van der Waals surface area (Å²) in [4.78, 5) is 29.9. The summed E-state index contributed by atoms with van der Waals surface area (Å²) < 4.78 is 3.36. The smallest absolute Gasteiger partial charge is 0.261 e. The number of aryl methyl sites for hydroxylation is 2. The Kier molecular flexibility index (Phi) is 6.80. The minimum atomic E-state index is -0.132. The predicted octanol–water partition coefficient (Wildman–Crippen LogP) is 3.09. The van der Waals surface area contributed by atoms with Crippen LogP contribution in [0, 0.1) is 13.8 Å². The Balaban J connectivity index is 1.44. The van der Waals surface area contributed by atoms with Crippen molar-refractivity contribution in [3.8, 4) is 0 Å². The summed E-state index contributed by atoms with van der Waals surface area (Å²) in [5, 5.41) is 12.5. The third-order valence-corrected chi connectivity index (χ3v) is 6.69. The van der Waals surface area contributed by atoms with Gasteiger partial charge in [0, 0.05) is 42.5 Å². The molecule has 1 amide bonds. The predicted molar refractivity (Wildman–Crippen MR) is 129 cm³/mol. The van der Waals surface area contributed by atoms with Crippen molar-refractivity contribution in [2.45, 2.75) is 32.0 Å². The molecule has 4 aromatic rings. The Morgan fingerprint density at radius 1 is 1.15 bits per heavy atom. The van der Waals surface area contributed by atoms with Crippen LogP contribution in [0.5, 0.6) is 0 Å². The molecule has 0 bridgehead atoms. The molecule has 3 aromatic heterocycles. The van der Waals surface area contributed by atoms with E-state index in [4.69, 9.17) is 11.6 Å². The molecule has 10 heteroatoms. The first-order valence-corrected chi connectivity index (χ1v) is 11.7.